The van der Waals surface area contributed by atoms with Gasteiger partial charge in [0, 0.05) is 26.0 Å². The fraction of sp³-hybridized carbons (Fsp3) is 0.286. The van der Waals surface area contributed by atoms with Crippen molar-refractivity contribution in [3.63, 3.8) is 0 Å². The first-order valence-corrected chi connectivity index (χ1v) is 7.00. The number of imidazole rings is 1. The number of thioether (sulfide) groups is 1. The van der Waals surface area contributed by atoms with Crippen LogP contribution in [0.25, 0.3) is 0 Å². The maximum atomic E-state index is 12.0. The topological polar surface area (TPSA) is 46.9 Å². The number of hydrogen-bond donors (Lipinski definition) is 1. The zero-order valence-electron chi connectivity index (χ0n) is 11.0. The predicted molar refractivity (Wildman–Crippen MR) is 76.8 cm³/mol. The lowest BCUT2D eigenvalue weighted by atomic mass is 10.2. The standard InChI is InChI=1S/C14H17N3OS/c1-11(19-14-15-8-9-17(14)2)13(18)16-10-12-6-4-3-5-7-12/h3-9,11H,10H2,1-2H3,(H,16,18)/t11-/m1/s1. The number of amides is 1. The summed E-state index contributed by atoms with van der Waals surface area (Å²) in [6, 6.07) is 9.89. The van der Waals surface area contributed by atoms with Crippen LogP contribution in [-0.4, -0.2) is 20.7 Å². The largest absolute Gasteiger partial charge is 0.351 e. The minimum Gasteiger partial charge on any atom is -0.351 e. The van der Waals surface area contributed by atoms with Gasteiger partial charge in [0.2, 0.25) is 5.91 Å². The molecule has 1 aromatic carbocycles. The molecule has 0 unspecified atom stereocenters. The Hall–Kier alpha value is -1.75. The van der Waals surface area contributed by atoms with Gasteiger partial charge in [0.15, 0.2) is 5.16 Å². The highest BCUT2D eigenvalue weighted by molar-refractivity contribution is 8.00. The quantitative estimate of drug-likeness (QED) is 0.851. The summed E-state index contributed by atoms with van der Waals surface area (Å²) >= 11 is 1.46. The highest BCUT2D eigenvalue weighted by atomic mass is 32.2. The second-order valence-electron chi connectivity index (χ2n) is 4.28. The molecule has 1 N–H and O–H groups in total. The third-order valence-corrected chi connectivity index (χ3v) is 3.91. The monoisotopic (exact) mass is 275 g/mol. The Morgan fingerprint density at radius 2 is 2.16 bits per heavy atom. The van der Waals surface area contributed by atoms with Crippen LogP contribution in [0.5, 0.6) is 0 Å². The molecule has 2 rings (SSSR count). The Morgan fingerprint density at radius 3 is 2.79 bits per heavy atom. The molecule has 0 bridgehead atoms. The zero-order chi connectivity index (χ0) is 13.7. The molecule has 0 aliphatic carbocycles. The van der Waals surface area contributed by atoms with E-state index in [2.05, 4.69) is 10.3 Å². The molecule has 5 heteroatoms. The van der Waals surface area contributed by atoms with E-state index in [1.165, 1.54) is 11.8 Å². The molecule has 0 radical (unpaired) electrons. The molecule has 1 atom stereocenters. The fourth-order valence-corrected chi connectivity index (χ4v) is 2.46. The maximum Gasteiger partial charge on any atom is 0.233 e. The lowest BCUT2D eigenvalue weighted by Crippen LogP contribution is -2.30. The van der Waals surface area contributed by atoms with Crippen molar-refractivity contribution in [1.82, 2.24) is 14.9 Å². The molecule has 0 saturated heterocycles. The second kappa shape index (κ2) is 6.43. The summed E-state index contributed by atoms with van der Waals surface area (Å²) in [5, 5.41) is 3.62. The van der Waals surface area contributed by atoms with Crippen molar-refractivity contribution in [2.45, 2.75) is 23.9 Å². The van der Waals surface area contributed by atoms with Crippen LogP contribution in [0.3, 0.4) is 0 Å². The molecule has 0 saturated carbocycles. The van der Waals surface area contributed by atoms with E-state index in [0.717, 1.165) is 10.7 Å². The van der Waals surface area contributed by atoms with Crippen molar-refractivity contribution >= 4 is 17.7 Å². The molecule has 1 amide bonds. The van der Waals surface area contributed by atoms with Crippen LogP contribution in [0.2, 0.25) is 0 Å². The van der Waals surface area contributed by atoms with Gasteiger partial charge in [-0.1, -0.05) is 42.1 Å². The third-order valence-electron chi connectivity index (χ3n) is 2.74. The van der Waals surface area contributed by atoms with E-state index >= 15 is 0 Å². The van der Waals surface area contributed by atoms with Gasteiger partial charge in [0.25, 0.3) is 0 Å². The number of carbonyl (C=O) groups excluding carboxylic acids is 1. The lowest BCUT2D eigenvalue weighted by molar-refractivity contribution is -0.120. The Bertz CT molecular complexity index is 539. The van der Waals surface area contributed by atoms with E-state index in [0.29, 0.717) is 6.54 Å². The average Bonchev–Trinajstić information content (AvgIpc) is 2.82. The van der Waals surface area contributed by atoms with Gasteiger partial charge in [0.05, 0.1) is 5.25 Å². The van der Waals surface area contributed by atoms with E-state index in [-0.39, 0.29) is 11.2 Å². The molecule has 100 valence electrons. The van der Waals surface area contributed by atoms with Gasteiger partial charge in [-0.3, -0.25) is 4.79 Å². The summed E-state index contributed by atoms with van der Waals surface area (Å²) < 4.78 is 1.91. The van der Waals surface area contributed by atoms with Gasteiger partial charge in [-0.15, -0.1) is 0 Å². The van der Waals surface area contributed by atoms with Gasteiger partial charge in [-0.05, 0) is 12.5 Å². The number of carbonyl (C=O) groups is 1. The molecule has 1 aromatic heterocycles. The summed E-state index contributed by atoms with van der Waals surface area (Å²) in [4.78, 5) is 16.2. The molecule has 1 heterocycles. The van der Waals surface area contributed by atoms with Crippen LogP contribution < -0.4 is 5.32 Å². The van der Waals surface area contributed by atoms with Crippen LogP contribution in [0.1, 0.15) is 12.5 Å². The van der Waals surface area contributed by atoms with E-state index in [4.69, 9.17) is 0 Å². The average molecular weight is 275 g/mol. The van der Waals surface area contributed by atoms with E-state index in [9.17, 15) is 4.79 Å². The fourth-order valence-electron chi connectivity index (χ4n) is 1.61. The smallest absolute Gasteiger partial charge is 0.233 e. The van der Waals surface area contributed by atoms with E-state index in [1.54, 1.807) is 6.20 Å². The van der Waals surface area contributed by atoms with Crippen LogP contribution >= 0.6 is 11.8 Å². The van der Waals surface area contributed by atoms with Crippen molar-refractivity contribution in [3.8, 4) is 0 Å². The Labute approximate surface area is 117 Å². The van der Waals surface area contributed by atoms with Crippen molar-refractivity contribution < 1.29 is 4.79 Å². The van der Waals surface area contributed by atoms with Gasteiger partial charge in [-0.2, -0.15) is 0 Å². The third kappa shape index (κ3) is 3.86. The van der Waals surface area contributed by atoms with Crippen LogP contribution in [0, 0.1) is 0 Å². The number of aryl methyl sites for hydroxylation is 1. The molecular formula is C14H17N3OS. The first kappa shape index (κ1) is 13.7. The van der Waals surface area contributed by atoms with Crippen molar-refractivity contribution in [2.75, 3.05) is 0 Å². The van der Waals surface area contributed by atoms with Crippen molar-refractivity contribution in [1.29, 1.82) is 0 Å². The molecule has 4 nitrogen and oxygen atoms in total. The minimum absolute atomic E-state index is 0.0249. The second-order valence-corrected chi connectivity index (χ2v) is 5.59. The Balaban J connectivity index is 1.84. The molecular weight excluding hydrogens is 258 g/mol. The minimum atomic E-state index is -0.162. The molecule has 0 aliphatic rings. The van der Waals surface area contributed by atoms with Gasteiger partial charge in [-0.25, -0.2) is 4.98 Å². The summed E-state index contributed by atoms with van der Waals surface area (Å²) in [5.41, 5.74) is 1.10. The molecule has 0 spiro atoms. The molecule has 2 aromatic rings. The number of aromatic nitrogens is 2. The van der Waals surface area contributed by atoms with Crippen LogP contribution in [0.4, 0.5) is 0 Å². The van der Waals surface area contributed by atoms with Gasteiger partial charge < -0.3 is 9.88 Å². The molecule has 0 fully saturated rings. The summed E-state index contributed by atoms with van der Waals surface area (Å²) in [6.07, 6.45) is 3.61. The lowest BCUT2D eigenvalue weighted by Gasteiger charge is -2.11. The molecule has 19 heavy (non-hydrogen) atoms. The first-order valence-electron chi connectivity index (χ1n) is 6.12. The molecule has 0 aliphatic heterocycles. The Kier molecular flexibility index (Phi) is 4.63. The van der Waals surface area contributed by atoms with E-state index < -0.39 is 0 Å². The zero-order valence-corrected chi connectivity index (χ0v) is 11.9. The van der Waals surface area contributed by atoms with E-state index in [1.807, 2.05) is 55.1 Å². The maximum absolute atomic E-state index is 12.0. The van der Waals surface area contributed by atoms with Crippen LogP contribution in [-0.2, 0) is 18.4 Å². The number of rotatable bonds is 5. The summed E-state index contributed by atoms with van der Waals surface area (Å²) in [6.45, 7) is 2.45. The van der Waals surface area contributed by atoms with Gasteiger partial charge in [0.1, 0.15) is 0 Å². The SMILES string of the molecule is C[C@@H](Sc1nccn1C)C(=O)NCc1ccccc1. The van der Waals surface area contributed by atoms with Crippen LogP contribution in [0.15, 0.2) is 47.9 Å². The van der Waals surface area contributed by atoms with Gasteiger partial charge >= 0.3 is 0 Å². The first-order chi connectivity index (χ1) is 9.16. The highest BCUT2D eigenvalue weighted by Gasteiger charge is 2.16. The highest BCUT2D eigenvalue weighted by Crippen LogP contribution is 2.20. The summed E-state index contributed by atoms with van der Waals surface area (Å²) in [7, 11) is 1.92. The van der Waals surface area contributed by atoms with Crippen molar-refractivity contribution in [2.24, 2.45) is 7.05 Å². The predicted octanol–water partition coefficient (Wildman–Crippen LogP) is 2.22. The van der Waals surface area contributed by atoms with Crippen molar-refractivity contribution in [3.05, 3.63) is 48.3 Å². The number of hydrogen-bond acceptors (Lipinski definition) is 3. The normalized spacial score (nSPS) is 12.1. The number of nitrogens with one attached hydrogen (secondary N) is 1. The Morgan fingerprint density at radius 1 is 1.42 bits per heavy atom. The number of benzene rings is 1. The summed E-state index contributed by atoms with van der Waals surface area (Å²) in [5.74, 6) is 0.0249. The number of nitrogens with zero attached hydrogens (tertiary/aromatic N) is 2.